The van der Waals surface area contributed by atoms with Crippen LogP contribution >= 0.6 is 11.6 Å². The summed E-state index contributed by atoms with van der Waals surface area (Å²) in [6.45, 7) is 9.27. The quantitative estimate of drug-likeness (QED) is 0.883. The zero-order chi connectivity index (χ0) is 14.1. The number of anilines is 1. The number of benzene rings is 1. The standard InChI is InChI=1S/C14H21ClN2O/c1-9-6-7-10(15)11(8-9)17-12(18)13(2,3)14(4,5)16/h6-8H,16H2,1-5H3,(H,17,18). The van der Waals surface area contributed by atoms with Crippen LogP contribution in [0.25, 0.3) is 0 Å². The molecule has 4 heteroatoms. The van der Waals surface area contributed by atoms with Crippen LogP contribution in [0.3, 0.4) is 0 Å². The Kier molecular flexibility index (Phi) is 4.08. The highest BCUT2D eigenvalue weighted by Crippen LogP contribution is 2.31. The number of carbonyl (C=O) groups excluding carboxylic acids is 1. The van der Waals surface area contributed by atoms with Crippen LogP contribution in [-0.2, 0) is 4.79 Å². The normalized spacial score (nSPS) is 12.4. The molecule has 0 aromatic heterocycles. The number of amides is 1. The van der Waals surface area contributed by atoms with Crippen LogP contribution in [0.2, 0.25) is 5.02 Å². The summed E-state index contributed by atoms with van der Waals surface area (Å²) in [6.07, 6.45) is 0. The Morgan fingerprint density at radius 2 is 1.83 bits per heavy atom. The number of halogens is 1. The van der Waals surface area contributed by atoms with Crippen molar-refractivity contribution in [3.05, 3.63) is 28.8 Å². The maximum atomic E-state index is 12.3. The fourth-order valence-electron chi connectivity index (χ4n) is 1.31. The molecule has 100 valence electrons. The second kappa shape index (κ2) is 4.90. The number of hydrogen-bond donors (Lipinski definition) is 2. The van der Waals surface area contributed by atoms with Crippen LogP contribution in [0.4, 0.5) is 5.69 Å². The van der Waals surface area contributed by atoms with Gasteiger partial charge in [0, 0.05) is 5.54 Å². The molecule has 3 nitrogen and oxygen atoms in total. The van der Waals surface area contributed by atoms with Gasteiger partial charge in [-0.05, 0) is 52.3 Å². The molecule has 0 unspecified atom stereocenters. The van der Waals surface area contributed by atoms with Crippen molar-refractivity contribution in [3.8, 4) is 0 Å². The van der Waals surface area contributed by atoms with E-state index in [9.17, 15) is 4.79 Å². The third-order valence-corrected chi connectivity index (χ3v) is 3.88. The predicted molar refractivity (Wildman–Crippen MR) is 76.9 cm³/mol. The average Bonchev–Trinajstić information content (AvgIpc) is 2.21. The lowest BCUT2D eigenvalue weighted by Crippen LogP contribution is -2.53. The van der Waals surface area contributed by atoms with E-state index in [1.54, 1.807) is 6.07 Å². The summed E-state index contributed by atoms with van der Waals surface area (Å²) < 4.78 is 0. The zero-order valence-electron chi connectivity index (χ0n) is 11.6. The first-order valence-electron chi connectivity index (χ1n) is 5.92. The van der Waals surface area contributed by atoms with Crippen molar-refractivity contribution >= 4 is 23.2 Å². The SMILES string of the molecule is Cc1ccc(Cl)c(NC(=O)C(C)(C)C(C)(C)N)c1. The van der Waals surface area contributed by atoms with E-state index in [0.29, 0.717) is 10.7 Å². The van der Waals surface area contributed by atoms with E-state index >= 15 is 0 Å². The van der Waals surface area contributed by atoms with Gasteiger partial charge in [-0.25, -0.2) is 0 Å². The fourth-order valence-corrected chi connectivity index (χ4v) is 1.47. The van der Waals surface area contributed by atoms with Crippen molar-refractivity contribution in [2.75, 3.05) is 5.32 Å². The van der Waals surface area contributed by atoms with E-state index in [0.717, 1.165) is 5.56 Å². The highest BCUT2D eigenvalue weighted by molar-refractivity contribution is 6.33. The minimum absolute atomic E-state index is 0.137. The molecule has 0 spiro atoms. The monoisotopic (exact) mass is 268 g/mol. The van der Waals surface area contributed by atoms with Crippen LogP contribution in [-0.4, -0.2) is 11.4 Å². The summed E-state index contributed by atoms with van der Waals surface area (Å²) in [4.78, 5) is 12.3. The van der Waals surface area contributed by atoms with Crippen molar-refractivity contribution in [1.29, 1.82) is 0 Å². The van der Waals surface area contributed by atoms with Crippen LogP contribution < -0.4 is 11.1 Å². The largest absolute Gasteiger partial charge is 0.325 e. The summed E-state index contributed by atoms with van der Waals surface area (Å²) in [7, 11) is 0. The lowest BCUT2D eigenvalue weighted by Gasteiger charge is -2.37. The third-order valence-electron chi connectivity index (χ3n) is 3.55. The lowest BCUT2D eigenvalue weighted by atomic mass is 9.74. The van der Waals surface area contributed by atoms with Gasteiger partial charge < -0.3 is 11.1 Å². The highest BCUT2D eigenvalue weighted by atomic mass is 35.5. The average molecular weight is 269 g/mol. The van der Waals surface area contributed by atoms with Gasteiger partial charge in [-0.3, -0.25) is 4.79 Å². The van der Waals surface area contributed by atoms with Gasteiger partial charge in [0.1, 0.15) is 0 Å². The van der Waals surface area contributed by atoms with E-state index in [-0.39, 0.29) is 5.91 Å². The molecule has 0 aliphatic heterocycles. The first-order valence-corrected chi connectivity index (χ1v) is 6.30. The number of nitrogens with two attached hydrogens (primary N) is 1. The molecule has 0 bridgehead atoms. The number of rotatable bonds is 3. The first-order chi connectivity index (χ1) is 8.05. The maximum Gasteiger partial charge on any atom is 0.231 e. The second-order valence-electron chi connectivity index (χ2n) is 5.78. The zero-order valence-corrected chi connectivity index (χ0v) is 12.4. The maximum absolute atomic E-state index is 12.3. The molecule has 0 saturated heterocycles. The van der Waals surface area contributed by atoms with Crippen LogP contribution in [0.15, 0.2) is 18.2 Å². The molecule has 3 N–H and O–H groups in total. The van der Waals surface area contributed by atoms with Gasteiger partial charge in [0.25, 0.3) is 0 Å². The highest BCUT2D eigenvalue weighted by Gasteiger charge is 2.40. The topological polar surface area (TPSA) is 55.1 Å². The molecule has 0 heterocycles. The Morgan fingerprint density at radius 1 is 1.28 bits per heavy atom. The predicted octanol–water partition coefficient (Wildman–Crippen LogP) is 3.35. The molecule has 0 saturated carbocycles. The molecule has 0 aliphatic carbocycles. The number of hydrogen-bond acceptors (Lipinski definition) is 2. The Hall–Kier alpha value is -1.06. The molecular formula is C14H21ClN2O. The Bertz CT molecular complexity index is 461. The van der Waals surface area contributed by atoms with Crippen molar-refractivity contribution in [3.63, 3.8) is 0 Å². The first kappa shape index (κ1) is 15.0. The van der Waals surface area contributed by atoms with E-state index in [4.69, 9.17) is 17.3 Å². The summed E-state index contributed by atoms with van der Waals surface area (Å²) in [5.41, 5.74) is 6.40. The van der Waals surface area contributed by atoms with Crippen molar-refractivity contribution < 1.29 is 4.79 Å². The second-order valence-corrected chi connectivity index (χ2v) is 6.19. The molecule has 1 rings (SSSR count). The van der Waals surface area contributed by atoms with Gasteiger partial charge in [0.05, 0.1) is 16.1 Å². The minimum Gasteiger partial charge on any atom is -0.325 e. The summed E-state index contributed by atoms with van der Waals surface area (Å²) in [5.74, 6) is -0.137. The van der Waals surface area contributed by atoms with Crippen molar-refractivity contribution in [2.24, 2.45) is 11.1 Å². The Balaban J connectivity index is 2.98. The molecule has 0 fully saturated rings. The molecule has 18 heavy (non-hydrogen) atoms. The van der Waals surface area contributed by atoms with Gasteiger partial charge in [0.15, 0.2) is 0 Å². The molecular weight excluding hydrogens is 248 g/mol. The van der Waals surface area contributed by atoms with Gasteiger partial charge in [-0.15, -0.1) is 0 Å². The number of carbonyl (C=O) groups is 1. The molecule has 1 aromatic carbocycles. The van der Waals surface area contributed by atoms with Crippen molar-refractivity contribution in [1.82, 2.24) is 0 Å². The number of aryl methyl sites for hydroxylation is 1. The fraction of sp³-hybridized carbons (Fsp3) is 0.500. The van der Waals surface area contributed by atoms with Gasteiger partial charge in [-0.1, -0.05) is 17.7 Å². The summed E-state index contributed by atoms with van der Waals surface area (Å²) in [5, 5.41) is 3.37. The Morgan fingerprint density at radius 3 is 2.33 bits per heavy atom. The lowest BCUT2D eigenvalue weighted by molar-refractivity contribution is -0.126. The molecule has 1 aromatic rings. The molecule has 0 atom stereocenters. The smallest absolute Gasteiger partial charge is 0.231 e. The Labute approximate surface area is 114 Å². The van der Waals surface area contributed by atoms with E-state index < -0.39 is 11.0 Å². The molecule has 0 aliphatic rings. The van der Waals surface area contributed by atoms with Crippen LogP contribution in [0, 0.1) is 12.3 Å². The van der Waals surface area contributed by atoms with Gasteiger partial charge in [0.2, 0.25) is 5.91 Å². The van der Waals surface area contributed by atoms with Gasteiger partial charge in [-0.2, -0.15) is 0 Å². The van der Waals surface area contributed by atoms with Crippen LogP contribution in [0.5, 0.6) is 0 Å². The molecule has 0 radical (unpaired) electrons. The van der Waals surface area contributed by atoms with Crippen LogP contribution in [0.1, 0.15) is 33.3 Å². The van der Waals surface area contributed by atoms with Gasteiger partial charge >= 0.3 is 0 Å². The van der Waals surface area contributed by atoms with Crippen molar-refractivity contribution in [2.45, 2.75) is 40.2 Å². The van der Waals surface area contributed by atoms with E-state index in [1.165, 1.54) is 0 Å². The van der Waals surface area contributed by atoms with E-state index in [1.807, 2.05) is 46.8 Å². The third kappa shape index (κ3) is 3.03. The summed E-state index contributed by atoms with van der Waals surface area (Å²) >= 11 is 6.06. The summed E-state index contributed by atoms with van der Waals surface area (Å²) in [6, 6.07) is 5.52. The molecule has 1 amide bonds. The minimum atomic E-state index is -0.694. The van der Waals surface area contributed by atoms with E-state index in [2.05, 4.69) is 5.32 Å². The number of nitrogens with one attached hydrogen (secondary N) is 1.